The molecule has 0 bridgehead atoms. The van der Waals surface area contributed by atoms with E-state index in [4.69, 9.17) is 0 Å². The van der Waals surface area contributed by atoms with E-state index in [2.05, 4.69) is 41.4 Å². The van der Waals surface area contributed by atoms with Crippen LogP contribution in [-0.4, -0.2) is 28.4 Å². The average Bonchev–Trinajstić information content (AvgIpc) is 2.64. The summed E-state index contributed by atoms with van der Waals surface area (Å²) in [7, 11) is 1.97. The molecule has 1 heterocycles. The van der Waals surface area contributed by atoms with Crippen molar-refractivity contribution in [3.05, 3.63) is 24.3 Å². The summed E-state index contributed by atoms with van der Waals surface area (Å²) in [4.78, 5) is 4.27. The SMILES string of the molecule is CNCCC=CCc1ncnn1CC(C)C. The lowest BCUT2D eigenvalue weighted by Crippen LogP contribution is -2.10. The second-order valence-corrected chi connectivity index (χ2v) is 4.32. The van der Waals surface area contributed by atoms with Crippen molar-refractivity contribution in [3.8, 4) is 0 Å². The lowest BCUT2D eigenvalue weighted by atomic mass is 10.2. The molecule has 0 aliphatic heterocycles. The summed E-state index contributed by atoms with van der Waals surface area (Å²) in [6.45, 7) is 6.34. The highest BCUT2D eigenvalue weighted by molar-refractivity contribution is 4.96. The van der Waals surface area contributed by atoms with Crippen molar-refractivity contribution in [2.75, 3.05) is 13.6 Å². The number of hydrogen-bond donors (Lipinski definition) is 1. The van der Waals surface area contributed by atoms with Crippen LogP contribution in [0.5, 0.6) is 0 Å². The molecule has 0 unspecified atom stereocenters. The van der Waals surface area contributed by atoms with Gasteiger partial charge in [0.05, 0.1) is 0 Å². The van der Waals surface area contributed by atoms with Crippen LogP contribution >= 0.6 is 0 Å². The molecule has 1 aromatic heterocycles. The summed E-state index contributed by atoms with van der Waals surface area (Å²) in [5.74, 6) is 1.66. The summed E-state index contributed by atoms with van der Waals surface area (Å²) in [6, 6.07) is 0. The highest BCUT2D eigenvalue weighted by Crippen LogP contribution is 2.02. The topological polar surface area (TPSA) is 42.7 Å². The molecule has 0 amide bonds. The van der Waals surface area contributed by atoms with Gasteiger partial charge in [0.25, 0.3) is 0 Å². The molecule has 0 spiro atoms. The highest BCUT2D eigenvalue weighted by Gasteiger charge is 2.03. The Morgan fingerprint density at radius 1 is 1.44 bits per heavy atom. The molecule has 0 saturated heterocycles. The standard InChI is InChI=1S/C12H22N4/c1-11(2)9-16-12(14-10-15-16)7-5-4-6-8-13-3/h4-5,10-11,13H,6-9H2,1-3H3. The van der Waals surface area contributed by atoms with E-state index in [9.17, 15) is 0 Å². The van der Waals surface area contributed by atoms with Crippen LogP contribution in [-0.2, 0) is 13.0 Å². The molecule has 16 heavy (non-hydrogen) atoms. The van der Waals surface area contributed by atoms with Gasteiger partial charge in [0, 0.05) is 13.0 Å². The summed E-state index contributed by atoms with van der Waals surface area (Å²) in [6.07, 6.45) is 7.92. The van der Waals surface area contributed by atoms with Crippen molar-refractivity contribution in [1.82, 2.24) is 20.1 Å². The Morgan fingerprint density at radius 3 is 2.94 bits per heavy atom. The van der Waals surface area contributed by atoms with Gasteiger partial charge in [0.2, 0.25) is 0 Å². The third-order valence-corrected chi connectivity index (χ3v) is 2.26. The smallest absolute Gasteiger partial charge is 0.138 e. The first-order valence-corrected chi connectivity index (χ1v) is 5.90. The van der Waals surface area contributed by atoms with Crippen molar-refractivity contribution in [1.29, 1.82) is 0 Å². The lowest BCUT2D eigenvalue weighted by molar-refractivity contribution is 0.469. The van der Waals surface area contributed by atoms with Crippen molar-refractivity contribution in [2.45, 2.75) is 33.2 Å². The molecule has 1 rings (SSSR count). The minimum Gasteiger partial charge on any atom is -0.319 e. The molecule has 0 fully saturated rings. The van der Waals surface area contributed by atoms with Gasteiger partial charge in [-0.05, 0) is 25.9 Å². The number of allylic oxidation sites excluding steroid dienone is 1. The van der Waals surface area contributed by atoms with E-state index in [1.165, 1.54) is 0 Å². The molecular weight excluding hydrogens is 200 g/mol. The summed E-state index contributed by atoms with van der Waals surface area (Å²) >= 11 is 0. The van der Waals surface area contributed by atoms with Crippen molar-refractivity contribution >= 4 is 0 Å². The van der Waals surface area contributed by atoms with Gasteiger partial charge in [-0.15, -0.1) is 0 Å². The van der Waals surface area contributed by atoms with Gasteiger partial charge in [-0.3, -0.25) is 0 Å². The largest absolute Gasteiger partial charge is 0.319 e. The minimum atomic E-state index is 0.605. The second kappa shape index (κ2) is 7.17. The van der Waals surface area contributed by atoms with E-state index in [1.54, 1.807) is 6.33 Å². The Morgan fingerprint density at radius 2 is 2.25 bits per heavy atom. The van der Waals surface area contributed by atoms with E-state index in [-0.39, 0.29) is 0 Å². The van der Waals surface area contributed by atoms with Crippen LogP contribution in [0.4, 0.5) is 0 Å². The maximum absolute atomic E-state index is 4.27. The fraction of sp³-hybridized carbons (Fsp3) is 0.667. The van der Waals surface area contributed by atoms with Gasteiger partial charge in [0.1, 0.15) is 12.2 Å². The monoisotopic (exact) mass is 222 g/mol. The molecule has 1 N–H and O–H groups in total. The summed E-state index contributed by atoms with van der Waals surface area (Å²) in [5, 5.41) is 7.35. The van der Waals surface area contributed by atoms with Crippen LogP contribution in [0.2, 0.25) is 0 Å². The molecule has 4 heteroatoms. The van der Waals surface area contributed by atoms with Crippen LogP contribution in [0, 0.1) is 5.92 Å². The Kier molecular flexibility index (Phi) is 5.78. The van der Waals surface area contributed by atoms with E-state index >= 15 is 0 Å². The van der Waals surface area contributed by atoms with Crippen molar-refractivity contribution in [2.24, 2.45) is 5.92 Å². The molecule has 0 aromatic carbocycles. The number of nitrogens with zero attached hydrogens (tertiary/aromatic N) is 3. The first-order valence-electron chi connectivity index (χ1n) is 5.90. The first kappa shape index (κ1) is 12.9. The number of rotatable bonds is 7. The molecule has 4 nitrogen and oxygen atoms in total. The van der Waals surface area contributed by atoms with Gasteiger partial charge >= 0.3 is 0 Å². The number of hydrogen-bond acceptors (Lipinski definition) is 3. The van der Waals surface area contributed by atoms with E-state index in [0.717, 1.165) is 31.8 Å². The predicted octanol–water partition coefficient (Wildman–Crippen LogP) is 1.64. The summed E-state index contributed by atoms with van der Waals surface area (Å²) in [5.41, 5.74) is 0. The molecule has 0 radical (unpaired) electrons. The van der Waals surface area contributed by atoms with Crippen LogP contribution in [0.1, 0.15) is 26.1 Å². The van der Waals surface area contributed by atoms with Crippen molar-refractivity contribution < 1.29 is 0 Å². The Hall–Kier alpha value is -1.16. The Balaban J connectivity index is 2.41. The zero-order valence-electron chi connectivity index (χ0n) is 10.5. The predicted molar refractivity (Wildman–Crippen MR) is 66.2 cm³/mol. The molecule has 0 atom stereocenters. The third kappa shape index (κ3) is 4.57. The minimum absolute atomic E-state index is 0.605. The van der Waals surface area contributed by atoms with E-state index in [1.807, 2.05) is 11.7 Å². The van der Waals surface area contributed by atoms with Gasteiger partial charge in [-0.1, -0.05) is 26.0 Å². The third-order valence-electron chi connectivity index (χ3n) is 2.26. The van der Waals surface area contributed by atoms with Crippen LogP contribution in [0.25, 0.3) is 0 Å². The zero-order chi connectivity index (χ0) is 11.8. The van der Waals surface area contributed by atoms with Gasteiger partial charge in [-0.2, -0.15) is 5.10 Å². The molecule has 1 aromatic rings. The van der Waals surface area contributed by atoms with Gasteiger partial charge < -0.3 is 5.32 Å². The normalized spacial score (nSPS) is 11.8. The fourth-order valence-corrected chi connectivity index (χ4v) is 1.48. The lowest BCUT2D eigenvalue weighted by Gasteiger charge is -2.06. The molecule has 0 aliphatic rings. The Labute approximate surface area is 97.8 Å². The fourth-order valence-electron chi connectivity index (χ4n) is 1.48. The summed E-state index contributed by atoms with van der Waals surface area (Å²) < 4.78 is 1.99. The maximum atomic E-state index is 4.27. The van der Waals surface area contributed by atoms with Crippen LogP contribution in [0.15, 0.2) is 18.5 Å². The van der Waals surface area contributed by atoms with Crippen LogP contribution in [0.3, 0.4) is 0 Å². The van der Waals surface area contributed by atoms with Gasteiger partial charge in [-0.25, -0.2) is 9.67 Å². The molecular formula is C12H22N4. The van der Waals surface area contributed by atoms with Crippen LogP contribution < -0.4 is 5.32 Å². The van der Waals surface area contributed by atoms with Gasteiger partial charge in [0.15, 0.2) is 0 Å². The first-order chi connectivity index (χ1) is 7.74. The van der Waals surface area contributed by atoms with E-state index < -0.39 is 0 Å². The molecule has 90 valence electrons. The Bertz CT molecular complexity index is 315. The highest BCUT2D eigenvalue weighted by atomic mass is 15.3. The maximum Gasteiger partial charge on any atom is 0.138 e. The van der Waals surface area contributed by atoms with Crippen molar-refractivity contribution in [3.63, 3.8) is 0 Å². The molecule has 0 aliphatic carbocycles. The second-order valence-electron chi connectivity index (χ2n) is 4.32. The molecule has 0 saturated carbocycles. The number of aromatic nitrogens is 3. The zero-order valence-corrected chi connectivity index (χ0v) is 10.5. The quantitative estimate of drug-likeness (QED) is 0.563. The average molecular weight is 222 g/mol. The number of nitrogens with one attached hydrogen (secondary N) is 1. The van der Waals surface area contributed by atoms with E-state index in [0.29, 0.717) is 5.92 Å².